The van der Waals surface area contributed by atoms with Gasteiger partial charge in [-0.1, -0.05) is 0 Å². The van der Waals surface area contributed by atoms with E-state index >= 15 is 0 Å². The molecule has 8 aliphatic rings. The smallest absolute Gasteiger partial charge is 0.183 e. The molecule has 2 unspecified atom stereocenters. The van der Waals surface area contributed by atoms with Gasteiger partial charge in [0, 0.05) is 139 Å². The Morgan fingerprint density at radius 3 is 0.875 bits per heavy atom. The predicted octanol–water partition coefficient (Wildman–Crippen LogP) is 5.76. The first-order valence-corrected chi connectivity index (χ1v) is 31.4. The third kappa shape index (κ3) is 12.8. The molecule has 8 aromatic rings. The summed E-state index contributed by atoms with van der Waals surface area (Å²) in [5, 5.41) is 34.4. The molecule has 8 aliphatic carbocycles. The Bertz CT molecular complexity index is 3580. The summed E-state index contributed by atoms with van der Waals surface area (Å²) >= 11 is 0. The van der Waals surface area contributed by atoms with E-state index in [2.05, 4.69) is 82.3 Å². The molecule has 0 fully saturated rings. The first-order chi connectivity index (χ1) is 41.6. The highest BCUT2D eigenvalue weighted by Crippen LogP contribution is 2.35. The molecule has 0 aromatic carbocycles. The largest absolute Gasteiger partial charge is 0.323 e. The van der Waals surface area contributed by atoms with Crippen LogP contribution in [0.25, 0.3) is 0 Å². The maximum Gasteiger partial charge on any atom is 0.183 e. The molecule has 0 bridgehead atoms. The number of carbonyl (C=O) groups excluding carboxylic acids is 2. The fourth-order valence-electron chi connectivity index (χ4n) is 14.2. The number of aryl methyl sites for hydroxylation is 12. The van der Waals surface area contributed by atoms with E-state index < -0.39 is 0 Å². The molecule has 0 aliphatic heterocycles. The number of carbonyl (C=O) groups is 2. The molecule has 24 nitrogen and oxygen atoms in total. The summed E-state index contributed by atoms with van der Waals surface area (Å²) in [6, 6.07) is 1.21. The molecular weight excluding hydrogens is 1110 g/mol. The van der Waals surface area contributed by atoms with Crippen molar-refractivity contribution in [2.24, 2.45) is 90.8 Å². The lowest BCUT2D eigenvalue weighted by Gasteiger charge is -2.03. The van der Waals surface area contributed by atoms with Gasteiger partial charge in [0.25, 0.3) is 0 Å². The van der Waals surface area contributed by atoms with Gasteiger partial charge in [-0.25, -0.2) is 0 Å². The zero-order chi connectivity index (χ0) is 64.1. The maximum absolute atomic E-state index is 11.2. The lowest BCUT2D eigenvalue weighted by atomic mass is 10.2. The number of aromatic nitrogens is 16. The van der Waals surface area contributed by atoms with Gasteiger partial charge in [-0.15, -0.1) is 0 Å². The summed E-state index contributed by atoms with van der Waals surface area (Å²) in [5.41, 5.74) is 63.8. The molecule has 6 atom stereocenters. The van der Waals surface area contributed by atoms with Gasteiger partial charge in [0.05, 0.1) is 56.9 Å². The zero-order valence-electron chi connectivity index (χ0n) is 55.2. The van der Waals surface area contributed by atoms with Crippen LogP contribution in [0.5, 0.6) is 0 Å². The molecular formula is C64H98N22O2. The highest BCUT2D eigenvalue weighted by atomic mass is 16.1. The lowest BCUT2D eigenvalue weighted by molar-refractivity contribution is 0.0979. The average Bonchev–Trinajstić information content (AvgIpc) is 4.50. The normalized spacial score (nSPS) is 20.6. The Hall–Kier alpha value is -7.22. The second-order valence-corrected chi connectivity index (χ2v) is 25.2. The Kier molecular flexibility index (Phi) is 19.6. The third-order valence-electron chi connectivity index (χ3n) is 19.5. The Morgan fingerprint density at radius 1 is 0.284 bits per heavy atom. The predicted molar refractivity (Wildman–Crippen MR) is 340 cm³/mol. The molecule has 24 heteroatoms. The molecule has 88 heavy (non-hydrogen) atoms. The number of nitrogens with two attached hydrogens (primary N) is 6. The molecule has 0 saturated carbocycles. The lowest BCUT2D eigenvalue weighted by Crippen LogP contribution is -2.10. The first-order valence-electron chi connectivity index (χ1n) is 31.4. The number of Topliss-reactive ketones (excluding diaryl/α,β-unsaturated/α-hetero) is 2. The van der Waals surface area contributed by atoms with Gasteiger partial charge in [-0.05, 0) is 179 Å². The molecule has 0 saturated heterocycles. The molecule has 476 valence electrons. The number of rotatable bonds is 0. The van der Waals surface area contributed by atoms with Crippen molar-refractivity contribution in [3.63, 3.8) is 0 Å². The first kappa shape index (κ1) is 65.2. The van der Waals surface area contributed by atoms with Crippen LogP contribution in [0, 0.1) is 55.4 Å². The van der Waals surface area contributed by atoms with Gasteiger partial charge in [0.1, 0.15) is 11.4 Å². The van der Waals surface area contributed by atoms with Crippen molar-refractivity contribution in [2.45, 2.75) is 194 Å². The summed E-state index contributed by atoms with van der Waals surface area (Å²) in [6.07, 6.45) is 16.2. The quantitative estimate of drug-likeness (QED) is 0.105. The fourth-order valence-corrected chi connectivity index (χ4v) is 14.2. The van der Waals surface area contributed by atoms with Crippen molar-refractivity contribution in [3.8, 4) is 0 Å². The SMILES string of the molecule is Cc1c2c(nn1C)C(=O)CC2.Cc1c2c(nn1C)C(N)CC2.Cc1c2c(nn1C)[C@@H](N)CC2.Cc1c2c(nn1C)[C@H](N)CC2.Cc1nn(C)c2c1CCC2=O.Cc1nn(C)c2c1CCC2N.Cc1nn(C)c2c1CC[C@@H]2N.Cc1nn(C)c2c1CC[C@H]2N. The van der Waals surface area contributed by atoms with E-state index in [0.29, 0.717) is 18.5 Å². The van der Waals surface area contributed by atoms with Crippen LogP contribution < -0.4 is 34.4 Å². The van der Waals surface area contributed by atoms with Gasteiger partial charge in [0.2, 0.25) is 0 Å². The minimum Gasteiger partial charge on any atom is -0.323 e. The molecule has 0 radical (unpaired) electrons. The Balaban J connectivity index is 0.000000120. The van der Waals surface area contributed by atoms with Gasteiger partial charge >= 0.3 is 0 Å². The number of nitrogens with zero attached hydrogens (tertiary/aromatic N) is 16. The van der Waals surface area contributed by atoms with E-state index in [0.717, 1.165) is 152 Å². The van der Waals surface area contributed by atoms with Crippen molar-refractivity contribution in [1.82, 2.24) is 78.2 Å². The number of ketones is 2. The topological polar surface area (TPSA) is 333 Å². The second-order valence-electron chi connectivity index (χ2n) is 25.2. The van der Waals surface area contributed by atoms with E-state index in [1.807, 2.05) is 98.3 Å². The summed E-state index contributed by atoms with van der Waals surface area (Å²) in [6.45, 7) is 16.4. The van der Waals surface area contributed by atoms with Crippen LogP contribution in [-0.2, 0) is 108 Å². The van der Waals surface area contributed by atoms with E-state index in [-0.39, 0.29) is 47.8 Å². The fraction of sp³-hybridized carbons (Fsp3) is 0.594. The third-order valence-corrected chi connectivity index (χ3v) is 19.5. The van der Waals surface area contributed by atoms with E-state index in [1.54, 1.807) is 9.36 Å². The molecule has 8 aromatic heterocycles. The minimum atomic E-state index is 0.185. The van der Waals surface area contributed by atoms with Crippen LogP contribution in [-0.4, -0.2) is 89.8 Å². The van der Waals surface area contributed by atoms with E-state index in [4.69, 9.17) is 34.4 Å². The summed E-state index contributed by atoms with van der Waals surface area (Å²) in [7, 11) is 15.5. The van der Waals surface area contributed by atoms with Crippen LogP contribution in [0.4, 0.5) is 0 Å². The highest BCUT2D eigenvalue weighted by Gasteiger charge is 2.31. The van der Waals surface area contributed by atoms with Crippen molar-refractivity contribution in [3.05, 3.63) is 136 Å². The monoisotopic (exact) mass is 1210 g/mol. The molecule has 16 rings (SSSR count). The van der Waals surface area contributed by atoms with Gasteiger partial charge < -0.3 is 34.4 Å². The van der Waals surface area contributed by atoms with Crippen LogP contribution in [0.2, 0.25) is 0 Å². The summed E-state index contributed by atoms with van der Waals surface area (Å²) in [4.78, 5) is 22.4. The van der Waals surface area contributed by atoms with Crippen molar-refractivity contribution >= 4 is 11.6 Å². The van der Waals surface area contributed by atoms with Crippen molar-refractivity contribution in [2.75, 3.05) is 0 Å². The van der Waals surface area contributed by atoms with Crippen LogP contribution in [0.15, 0.2) is 0 Å². The van der Waals surface area contributed by atoms with Crippen molar-refractivity contribution in [1.29, 1.82) is 0 Å². The molecule has 8 heterocycles. The van der Waals surface area contributed by atoms with Gasteiger partial charge in [-0.2, -0.15) is 40.8 Å². The van der Waals surface area contributed by atoms with Gasteiger partial charge in [0.15, 0.2) is 11.6 Å². The van der Waals surface area contributed by atoms with Gasteiger partial charge in [-0.3, -0.25) is 47.0 Å². The molecule has 12 N–H and O–H groups in total. The number of hydrogen-bond donors (Lipinski definition) is 6. The van der Waals surface area contributed by atoms with E-state index in [1.165, 1.54) is 67.5 Å². The van der Waals surface area contributed by atoms with E-state index in [9.17, 15) is 9.59 Å². The minimum absolute atomic E-state index is 0.185. The number of hydrogen-bond acceptors (Lipinski definition) is 16. The number of fused-ring (bicyclic) bond motifs is 8. The maximum atomic E-state index is 11.2. The standard InChI is InChI=1S/6C8H13N3.2C8H10N2O/c3*1-5-6-3-4-7(9)8(6)10-11(5)2;3*1-5-6-3-4-7(9)8(6)11(2)10-5;1-5-6-3-4-7(11)8(6)9-10(5)2;1-5-6-3-4-7(11)8(6)10(2)9-5/h6*7H,3-4,9H2,1-2H3;2*3-4H2,1-2H3/t2*7-;;2*7-;;;/m10.10.../s1. The van der Waals surface area contributed by atoms with Crippen LogP contribution in [0.3, 0.4) is 0 Å². The molecule has 0 amide bonds. The second kappa shape index (κ2) is 26.5. The Labute approximate surface area is 518 Å². The average molecular weight is 1210 g/mol. The highest BCUT2D eigenvalue weighted by molar-refractivity contribution is 5.99. The van der Waals surface area contributed by atoms with Crippen molar-refractivity contribution < 1.29 is 9.59 Å². The zero-order valence-corrected chi connectivity index (χ0v) is 55.2. The van der Waals surface area contributed by atoms with Crippen LogP contribution >= 0.6 is 0 Å². The van der Waals surface area contributed by atoms with Crippen LogP contribution in [0.1, 0.15) is 233 Å². The summed E-state index contributed by atoms with van der Waals surface area (Å²) < 4.78 is 15.0. The summed E-state index contributed by atoms with van der Waals surface area (Å²) in [5.74, 6) is 0.437. The Morgan fingerprint density at radius 2 is 0.557 bits per heavy atom. The molecule has 0 spiro atoms.